The zero-order valence-corrected chi connectivity index (χ0v) is 12.3. The van der Waals surface area contributed by atoms with Crippen molar-refractivity contribution in [1.82, 2.24) is 5.32 Å². The molecule has 2 N–H and O–H groups in total. The van der Waals surface area contributed by atoms with Crippen molar-refractivity contribution in [3.05, 3.63) is 33.4 Å². The van der Waals surface area contributed by atoms with Crippen molar-refractivity contribution in [2.45, 2.75) is 18.4 Å². The molecule has 0 aromatic heterocycles. The first-order valence-corrected chi connectivity index (χ1v) is 6.97. The third-order valence-electron chi connectivity index (χ3n) is 3.12. The topological polar surface area (TPSA) is 75.6 Å². The summed E-state index contributed by atoms with van der Waals surface area (Å²) in [6.07, 6.45) is 0.480. The largest absolute Gasteiger partial charge is 0.479 e. The summed E-state index contributed by atoms with van der Waals surface area (Å²) in [5.41, 5.74) is -0.378. The molecule has 102 valence electrons. The molecule has 0 aliphatic carbocycles. The van der Waals surface area contributed by atoms with Gasteiger partial charge in [-0.25, -0.2) is 4.79 Å². The fourth-order valence-electron chi connectivity index (χ4n) is 2.01. The van der Waals surface area contributed by atoms with E-state index >= 15 is 0 Å². The standard InChI is InChI=1S/C13H14INO4/c14-10-4-2-1-3-9(10)7-11(16)15-13(12(17)18)5-6-19-8-13/h1-4H,5-8H2,(H,15,16)(H,17,18). The lowest BCUT2D eigenvalue weighted by molar-refractivity contribution is -0.147. The van der Waals surface area contributed by atoms with E-state index in [1.54, 1.807) is 0 Å². The van der Waals surface area contributed by atoms with E-state index in [4.69, 9.17) is 4.74 Å². The van der Waals surface area contributed by atoms with Crippen LogP contribution >= 0.6 is 22.6 Å². The number of hydrogen-bond donors (Lipinski definition) is 2. The smallest absolute Gasteiger partial charge is 0.331 e. The summed E-state index contributed by atoms with van der Waals surface area (Å²) in [5.74, 6) is -1.34. The fourth-order valence-corrected chi connectivity index (χ4v) is 2.59. The van der Waals surface area contributed by atoms with E-state index in [9.17, 15) is 14.7 Å². The average Bonchev–Trinajstić information content (AvgIpc) is 2.82. The van der Waals surface area contributed by atoms with Crippen LogP contribution in [0.5, 0.6) is 0 Å². The molecule has 1 atom stereocenters. The highest BCUT2D eigenvalue weighted by Crippen LogP contribution is 2.20. The normalized spacial score (nSPS) is 22.2. The van der Waals surface area contributed by atoms with Gasteiger partial charge in [-0.3, -0.25) is 4.79 Å². The number of carboxylic acids is 1. The third-order valence-corrected chi connectivity index (χ3v) is 4.17. The molecule has 0 bridgehead atoms. The van der Waals surface area contributed by atoms with Crippen LogP contribution in [0.2, 0.25) is 0 Å². The molecule has 1 aromatic rings. The minimum atomic E-state index is -1.27. The molecule has 1 saturated heterocycles. The first-order valence-electron chi connectivity index (χ1n) is 5.89. The van der Waals surface area contributed by atoms with Gasteiger partial charge >= 0.3 is 5.97 Å². The number of carbonyl (C=O) groups excluding carboxylic acids is 1. The lowest BCUT2D eigenvalue weighted by atomic mass is 9.98. The van der Waals surface area contributed by atoms with E-state index < -0.39 is 11.5 Å². The Morgan fingerprint density at radius 2 is 2.16 bits per heavy atom. The zero-order valence-electron chi connectivity index (χ0n) is 10.2. The van der Waals surface area contributed by atoms with E-state index in [2.05, 4.69) is 27.9 Å². The maximum absolute atomic E-state index is 12.0. The van der Waals surface area contributed by atoms with Gasteiger partial charge in [-0.1, -0.05) is 18.2 Å². The molecule has 19 heavy (non-hydrogen) atoms. The monoisotopic (exact) mass is 375 g/mol. The van der Waals surface area contributed by atoms with Crippen molar-refractivity contribution in [1.29, 1.82) is 0 Å². The lowest BCUT2D eigenvalue weighted by Gasteiger charge is -2.23. The number of amides is 1. The predicted octanol–water partition coefficient (Wildman–Crippen LogP) is 1.19. The highest BCUT2D eigenvalue weighted by molar-refractivity contribution is 14.1. The second-order valence-electron chi connectivity index (χ2n) is 4.51. The second-order valence-corrected chi connectivity index (χ2v) is 5.67. The number of rotatable bonds is 4. The summed E-state index contributed by atoms with van der Waals surface area (Å²) >= 11 is 2.15. The van der Waals surface area contributed by atoms with Crippen LogP contribution in [-0.4, -0.2) is 35.7 Å². The van der Waals surface area contributed by atoms with Gasteiger partial charge in [0, 0.05) is 16.6 Å². The zero-order chi connectivity index (χ0) is 13.9. The van der Waals surface area contributed by atoms with Gasteiger partial charge in [0.25, 0.3) is 0 Å². The van der Waals surface area contributed by atoms with Gasteiger partial charge < -0.3 is 15.2 Å². The van der Waals surface area contributed by atoms with Gasteiger partial charge in [0.1, 0.15) is 0 Å². The Kier molecular flexibility index (Phi) is 4.41. The van der Waals surface area contributed by atoms with Gasteiger partial charge in [0.15, 0.2) is 5.54 Å². The molecule has 1 aliphatic rings. The number of halogens is 1. The number of nitrogens with one attached hydrogen (secondary N) is 1. The molecule has 1 amide bonds. The minimum Gasteiger partial charge on any atom is -0.479 e. The van der Waals surface area contributed by atoms with E-state index in [0.717, 1.165) is 9.13 Å². The van der Waals surface area contributed by atoms with Gasteiger partial charge in [0.2, 0.25) is 5.91 Å². The Morgan fingerprint density at radius 3 is 2.74 bits per heavy atom. The summed E-state index contributed by atoms with van der Waals surface area (Å²) in [7, 11) is 0. The van der Waals surface area contributed by atoms with Crippen LogP contribution in [0.4, 0.5) is 0 Å². The van der Waals surface area contributed by atoms with E-state index in [0.29, 0.717) is 13.0 Å². The number of hydrogen-bond acceptors (Lipinski definition) is 3. The molecule has 1 aromatic carbocycles. The third kappa shape index (κ3) is 3.24. The Bertz CT molecular complexity index is 497. The molecule has 2 rings (SSSR count). The van der Waals surface area contributed by atoms with Gasteiger partial charge in [-0.2, -0.15) is 0 Å². The molecule has 1 aliphatic heterocycles. The summed E-state index contributed by atoms with van der Waals surface area (Å²) in [4.78, 5) is 23.3. The van der Waals surface area contributed by atoms with Crippen molar-refractivity contribution in [2.24, 2.45) is 0 Å². The van der Waals surface area contributed by atoms with Crippen LogP contribution in [-0.2, 0) is 20.7 Å². The van der Waals surface area contributed by atoms with Crippen LogP contribution in [0.15, 0.2) is 24.3 Å². The maximum atomic E-state index is 12.0. The highest BCUT2D eigenvalue weighted by Gasteiger charge is 2.43. The van der Waals surface area contributed by atoms with E-state index in [1.807, 2.05) is 24.3 Å². The molecule has 5 nitrogen and oxygen atoms in total. The quantitative estimate of drug-likeness (QED) is 0.776. The Morgan fingerprint density at radius 1 is 1.42 bits per heavy atom. The van der Waals surface area contributed by atoms with E-state index in [1.165, 1.54) is 0 Å². The van der Waals surface area contributed by atoms with Crippen LogP contribution in [0.3, 0.4) is 0 Å². The minimum absolute atomic E-state index is 0.0277. The molecule has 6 heteroatoms. The average molecular weight is 375 g/mol. The molecule has 0 radical (unpaired) electrons. The van der Waals surface area contributed by atoms with Crippen LogP contribution in [0.1, 0.15) is 12.0 Å². The highest BCUT2D eigenvalue weighted by atomic mass is 127. The SMILES string of the molecule is O=C(Cc1ccccc1I)NC1(C(=O)O)CCOC1. The maximum Gasteiger partial charge on any atom is 0.331 e. The van der Waals surface area contributed by atoms with Crippen molar-refractivity contribution in [3.63, 3.8) is 0 Å². The predicted molar refractivity (Wildman–Crippen MR) is 76.8 cm³/mol. The van der Waals surface area contributed by atoms with Crippen LogP contribution in [0.25, 0.3) is 0 Å². The number of carbonyl (C=O) groups is 2. The van der Waals surface area contributed by atoms with Gasteiger partial charge in [-0.15, -0.1) is 0 Å². The van der Waals surface area contributed by atoms with Crippen molar-refractivity contribution in [3.8, 4) is 0 Å². The fraction of sp³-hybridized carbons (Fsp3) is 0.385. The molecule has 1 fully saturated rings. The second kappa shape index (κ2) is 5.87. The molecular weight excluding hydrogens is 361 g/mol. The first-order chi connectivity index (χ1) is 9.03. The number of benzene rings is 1. The number of carboxylic acid groups (broad SMARTS) is 1. The number of ether oxygens (including phenoxy) is 1. The lowest BCUT2D eigenvalue weighted by Crippen LogP contribution is -2.55. The molecule has 1 unspecified atom stereocenters. The molecular formula is C13H14INO4. The Hall–Kier alpha value is -1.15. The summed E-state index contributed by atoms with van der Waals surface area (Å²) in [6.45, 7) is 0.384. The number of aliphatic carboxylic acids is 1. The van der Waals surface area contributed by atoms with Crippen molar-refractivity contribution < 1.29 is 19.4 Å². The van der Waals surface area contributed by atoms with Crippen LogP contribution < -0.4 is 5.32 Å². The summed E-state index contributed by atoms with van der Waals surface area (Å²) < 4.78 is 6.09. The van der Waals surface area contributed by atoms with Crippen LogP contribution in [0, 0.1) is 3.57 Å². The van der Waals surface area contributed by atoms with Crippen molar-refractivity contribution in [2.75, 3.05) is 13.2 Å². The summed E-state index contributed by atoms with van der Waals surface area (Å²) in [6, 6.07) is 7.53. The van der Waals surface area contributed by atoms with E-state index in [-0.39, 0.29) is 18.9 Å². The van der Waals surface area contributed by atoms with Crippen molar-refractivity contribution >= 4 is 34.5 Å². The molecule has 1 heterocycles. The van der Waals surface area contributed by atoms with Gasteiger partial charge in [-0.05, 0) is 34.2 Å². The Balaban J connectivity index is 2.05. The summed E-state index contributed by atoms with van der Waals surface area (Å²) in [5, 5.41) is 11.8. The molecule has 0 saturated carbocycles. The first kappa shape index (κ1) is 14.3. The Labute approximate surface area is 124 Å². The van der Waals surface area contributed by atoms with Gasteiger partial charge in [0.05, 0.1) is 13.0 Å². The molecule has 0 spiro atoms.